The monoisotopic (exact) mass is 459 g/mol. The van der Waals surface area contributed by atoms with Crippen molar-refractivity contribution in [1.82, 2.24) is 0 Å². The van der Waals surface area contributed by atoms with E-state index in [0.717, 1.165) is 19.1 Å². The summed E-state index contributed by atoms with van der Waals surface area (Å²) in [4.78, 5) is 24.0. The van der Waals surface area contributed by atoms with Crippen molar-refractivity contribution >= 4 is 38.4 Å². The number of carboxylic acid groups (broad SMARTS) is 1. The number of ether oxygens (including phenoxy) is 1. The van der Waals surface area contributed by atoms with E-state index >= 15 is 0 Å². The van der Waals surface area contributed by atoms with E-state index in [1.165, 1.54) is 0 Å². The number of ketones is 1. The normalized spacial score (nSPS) is 11.4. The molecule has 0 aliphatic carbocycles. The number of aliphatic carboxylic acids is 1. The van der Waals surface area contributed by atoms with Crippen molar-refractivity contribution < 1.29 is 32.3 Å². The molecule has 3 aromatic rings. The molecule has 1 aromatic heterocycles. The van der Waals surface area contributed by atoms with Gasteiger partial charge in [-0.25, -0.2) is 8.42 Å². The van der Waals surface area contributed by atoms with Crippen molar-refractivity contribution in [3.63, 3.8) is 0 Å². The van der Waals surface area contributed by atoms with Crippen LogP contribution in [0.15, 0.2) is 46.9 Å². The van der Waals surface area contributed by atoms with Gasteiger partial charge in [-0.3, -0.25) is 14.3 Å². The van der Waals surface area contributed by atoms with Gasteiger partial charge in [0.15, 0.2) is 5.78 Å². The number of benzene rings is 2. The Hall–Kier alpha value is -3.33. The van der Waals surface area contributed by atoms with E-state index in [2.05, 4.69) is 4.72 Å². The van der Waals surface area contributed by atoms with Gasteiger partial charge in [-0.1, -0.05) is 13.3 Å². The van der Waals surface area contributed by atoms with Crippen molar-refractivity contribution in [3.05, 3.63) is 59.4 Å². The van der Waals surface area contributed by atoms with Crippen LogP contribution in [0.4, 0.5) is 5.69 Å². The molecule has 170 valence electrons. The van der Waals surface area contributed by atoms with Crippen LogP contribution in [0.3, 0.4) is 0 Å². The molecular formula is C23H25NO7S. The predicted octanol–water partition coefficient (Wildman–Crippen LogP) is 4.23. The largest absolute Gasteiger partial charge is 0.493 e. The lowest BCUT2D eigenvalue weighted by atomic mass is 9.98. The molecule has 0 aliphatic rings. The molecule has 32 heavy (non-hydrogen) atoms. The number of aryl methyl sites for hydroxylation is 1. The first kappa shape index (κ1) is 23.3. The number of hydrogen-bond donors (Lipinski definition) is 2. The Bertz CT molecular complexity index is 1230. The van der Waals surface area contributed by atoms with E-state index in [1.807, 2.05) is 6.92 Å². The second-order valence-electron chi connectivity index (χ2n) is 7.43. The van der Waals surface area contributed by atoms with Crippen LogP contribution in [0.25, 0.3) is 11.0 Å². The second-order valence-corrected chi connectivity index (χ2v) is 9.18. The van der Waals surface area contributed by atoms with Crippen LogP contribution in [0, 0.1) is 0 Å². The highest BCUT2D eigenvalue weighted by atomic mass is 32.2. The summed E-state index contributed by atoms with van der Waals surface area (Å²) in [5, 5.41) is 9.24. The Morgan fingerprint density at radius 3 is 2.47 bits per heavy atom. The summed E-state index contributed by atoms with van der Waals surface area (Å²) in [5.41, 5.74) is 1.67. The van der Waals surface area contributed by atoms with Gasteiger partial charge in [-0.15, -0.1) is 0 Å². The molecule has 0 fully saturated rings. The Morgan fingerprint density at radius 2 is 1.84 bits per heavy atom. The maximum atomic E-state index is 13.4. The van der Waals surface area contributed by atoms with Crippen LogP contribution in [-0.2, 0) is 21.2 Å². The summed E-state index contributed by atoms with van der Waals surface area (Å²) in [6, 6.07) is 11.3. The number of fused-ring (bicyclic) bond motifs is 1. The molecule has 3 rings (SSSR count). The van der Waals surface area contributed by atoms with Gasteiger partial charge in [0.25, 0.3) is 0 Å². The third kappa shape index (κ3) is 5.88. The fourth-order valence-corrected chi connectivity index (χ4v) is 3.85. The van der Waals surface area contributed by atoms with E-state index in [1.54, 1.807) is 42.5 Å². The number of carbonyl (C=O) groups is 2. The van der Waals surface area contributed by atoms with Crippen molar-refractivity contribution in [2.45, 2.75) is 32.6 Å². The zero-order valence-corrected chi connectivity index (χ0v) is 18.7. The number of furan rings is 1. The van der Waals surface area contributed by atoms with Crippen LogP contribution >= 0.6 is 0 Å². The van der Waals surface area contributed by atoms with Crippen molar-refractivity contribution in [2.24, 2.45) is 0 Å². The molecule has 9 heteroatoms. The SMILES string of the molecule is CCCCc1oc2ccc(NS(C)(=O)=O)cc2c1C(=O)c1ccc(OCCC(=O)O)cc1. The third-order valence-corrected chi connectivity index (χ3v) is 5.36. The number of hydrogen-bond acceptors (Lipinski definition) is 6. The fraction of sp³-hybridized carbons (Fsp3) is 0.304. The zero-order chi connectivity index (χ0) is 23.3. The summed E-state index contributed by atoms with van der Waals surface area (Å²) < 4.78 is 37.0. The van der Waals surface area contributed by atoms with E-state index in [4.69, 9.17) is 14.3 Å². The minimum Gasteiger partial charge on any atom is -0.493 e. The van der Waals surface area contributed by atoms with E-state index in [-0.39, 0.29) is 18.8 Å². The number of carboxylic acids is 1. The summed E-state index contributed by atoms with van der Waals surface area (Å²) in [7, 11) is -3.47. The number of nitrogens with one attached hydrogen (secondary N) is 1. The Balaban J connectivity index is 1.96. The molecule has 0 spiro atoms. The van der Waals surface area contributed by atoms with Crippen LogP contribution in [0.2, 0.25) is 0 Å². The van der Waals surface area contributed by atoms with Gasteiger partial charge in [0.2, 0.25) is 10.0 Å². The van der Waals surface area contributed by atoms with Crippen molar-refractivity contribution in [3.8, 4) is 5.75 Å². The lowest BCUT2D eigenvalue weighted by molar-refractivity contribution is -0.137. The van der Waals surface area contributed by atoms with Gasteiger partial charge in [0.05, 0.1) is 24.8 Å². The molecule has 0 unspecified atom stereocenters. The maximum Gasteiger partial charge on any atom is 0.306 e. The average Bonchev–Trinajstić information content (AvgIpc) is 3.08. The predicted molar refractivity (Wildman–Crippen MR) is 121 cm³/mol. The molecule has 8 nitrogen and oxygen atoms in total. The highest BCUT2D eigenvalue weighted by Gasteiger charge is 2.22. The van der Waals surface area contributed by atoms with Gasteiger partial charge < -0.3 is 14.3 Å². The first-order chi connectivity index (χ1) is 15.2. The topological polar surface area (TPSA) is 123 Å². The van der Waals surface area contributed by atoms with E-state index in [0.29, 0.717) is 45.7 Å². The molecule has 2 N–H and O–H groups in total. The fourth-order valence-electron chi connectivity index (χ4n) is 3.29. The summed E-state index contributed by atoms with van der Waals surface area (Å²) in [6.45, 7) is 2.08. The smallest absolute Gasteiger partial charge is 0.306 e. The van der Waals surface area contributed by atoms with Gasteiger partial charge >= 0.3 is 5.97 Å². The van der Waals surface area contributed by atoms with Crippen molar-refractivity contribution in [2.75, 3.05) is 17.6 Å². The number of unbranched alkanes of at least 4 members (excludes halogenated alkanes) is 1. The molecule has 0 aliphatic heterocycles. The number of sulfonamides is 1. The summed E-state index contributed by atoms with van der Waals surface area (Å²) in [5.74, 6) is -0.174. The molecule has 0 amide bonds. The van der Waals surface area contributed by atoms with Gasteiger partial charge in [0, 0.05) is 23.1 Å². The number of anilines is 1. The average molecular weight is 460 g/mol. The molecule has 0 radical (unpaired) electrons. The third-order valence-electron chi connectivity index (χ3n) is 4.75. The summed E-state index contributed by atoms with van der Waals surface area (Å²) in [6.07, 6.45) is 3.29. The minimum absolute atomic E-state index is 0.0340. The maximum absolute atomic E-state index is 13.4. The van der Waals surface area contributed by atoms with Crippen LogP contribution < -0.4 is 9.46 Å². The minimum atomic E-state index is -3.47. The molecule has 1 heterocycles. The van der Waals surface area contributed by atoms with Gasteiger partial charge in [-0.05, 0) is 48.9 Å². The lowest BCUT2D eigenvalue weighted by Gasteiger charge is -2.07. The number of carbonyl (C=O) groups excluding carboxylic acids is 1. The van der Waals surface area contributed by atoms with Crippen LogP contribution in [0.1, 0.15) is 47.9 Å². The second kappa shape index (κ2) is 9.86. The molecular weight excluding hydrogens is 434 g/mol. The lowest BCUT2D eigenvalue weighted by Crippen LogP contribution is -2.09. The highest BCUT2D eigenvalue weighted by molar-refractivity contribution is 7.92. The highest BCUT2D eigenvalue weighted by Crippen LogP contribution is 2.32. The Labute approximate surface area is 186 Å². The molecule has 0 atom stereocenters. The molecule has 0 saturated carbocycles. The van der Waals surface area contributed by atoms with Gasteiger partial charge in [-0.2, -0.15) is 0 Å². The number of rotatable bonds is 11. The molecule has 0 saturated heterocycles. The Kier molecular flexibility index (Phi) is 7.19. The molecule has 0 bridgehead atoms. The first-order valence-corrected chi connectivity index (χ1v) is 12.1. The standard InChI is InChI=1S/C23H25NO7S/c1-3-4-5-20-22(18-14-16(24-32(2,28)29)8-11-19(18)31-20)23(27)15-6-9-17(10-7-15)30-13-12-21(25)26/h6-11,14,24H,3-5,12-13H2,1-2H3,(H,25,26). The zero-order valence-electron chi connectivity index (χ0n) is 17.9. The molecule has 2 aromatic carbocycles. The van der Waals surface area contributed by atoms with Gasteiger partial charge in [0.1, 0.15) is 17.1 Å². The van der Waals surface area contributed by atoms with Crippen LogP contribution in [-0.4, -0.2) is 38.1 Å². The van der Waals surface area contributed by atoms with E-state index in [9.17, 15) is 18.0 Å². The Morgan fingerprint density at radius 1 is 1.12 bits per heavy atom. The first-order valence-electron chi connectivity index (χ1n) is 10.2. The van der Waals surface area contributed by atoms with Crippen molar-refractivity contribution in [1.29, 1.82) is 0 Å². The van der Waals surface area contributed by atoms with Crippen LogP contribution in [0.5, 0.6) is 5.75 Å². The quantitative estimate of drug-likeness (QED) is 0.411. The summed E-state index contributed by atoms with van der Waals surface area (Å²) >= 11 is 0. The van der Waals surface area contributed by atoms with E-state index < -0.39 is 16.0 Å².